The second-order valence-corrected chi connectivity index (χ2v) is 5.94. The number of hydrogen-bond donors (Lipinski definition) is 1. The van der Waals surface area contributed by atoms with Crippen molar-refractivity contribution in [2.75, 3.05) is 11.9 Å². The topological polar surface area (TPSA) is 68.5 Å². The van der Waals surface area contributed by atoms with Gasteiger partial charge in [-0.15, -0.1) is 0 Å². The van der Waals surface area contributed by atoms with Crippen LogP contribution in [0.1, 0.15) is 10.4 Å². The van der Waals surface area contributed by atoms with Crippen molar-refractivity contribution < 1.29 is 23.1 Å². The van der Waals surface area contributed by atoms with Gasteiger partial charge in [-0.3, -0.25) is 4.79 Å². The van der Waals surface area contributed by atoms with Crippen LogP contribution >= 0.6 is 0 Å². The molecule has 0 saturated heterocycles. The van der Waals surface area contributed by atoms with Crippen LogP contribution in [0, 0.1) is 5.82 Å². The van der Waals surface area contributed by atoms with E-state index < -0.39 is 24.3 Å². The number of carbonyl (C=O) groups is 2. The molecule has 0 unspecified atom stereocenters. The SMILES string of the molecule is O=C(COC(=O)c1ccc(F)cc1)Nc1ccc2oc3ccccc3c2c1. The van der Waals surface area contributed by atoms with E-state index in [0.717, 1.165) is 34.1 Å². The molecule has 0 aliphatic heterocycles. The maximum Gasteiger partial charge on any atom is 0.338 e. The van der Waals surface area contributed by atoms with E-state index in [9.17, 15) is 14.0 Å². The van der Waals surface area contributed by atoms with Crippen LogP contribution in [0.15, 0.2) is 71.1 Å². The Balaban J connectivity index is 1.44. The fourth-order valence-electron chi connectivity index (χ4n) is 2.80. The molecule has 1 amide bonds. The molecule has 6 heteroatoms. The van der Waals surface area contributed by atoms with Crippen molar-refractivity contribution >= 4 is 39.5 Å². The van der Waals surface area contributed by atoms with Crippen LogP contribution in [0.2, 0.25) is 0 Å². The van der Waals surface area contributed by atoms with Crippen molar-refractivity contribution in [3.63, 3.8) is 0 Å². The third-order valence-electron chi connectivity index (χ3n) is 4.07. The molecule has 0 aliphatic rings. The van der Waals surface area contributed by atoms with Gasteiger partial charge in [-0.2, -0.15) is 0 Å². The summed E-state index contributed by atoms with van der Waals surface area (Å²) in [7, 11) is 0. The second kappa shape index (κ2) is 6.92. The number of amides is 1. The summed E-state index contributed by atoms with van der Waals surface area (Å²) in [6, 6.07) is 17.8. The molecule has 0 atom stereocenters. The highest BCUT2D eigenvalue weighted by Gasteiger charge is 2.12. The summed E-state index contributed by atoms with van der Waals surface area (Å²) in [4.78, 5) is 23.9. The average Bonchev–Trinajstić information content (AvgIpc) is 3.05. The number of anilines is 1. The Morgan fingerprint density at radius 1 is 0.926 bits per heavy atom. The van der Waals surface area contributed by atoms with Gasteiger partial charge >= 0.3 is 5.97 Å². The molecule has 3 aromatic carbocycles. The molecule has 134 valence electrons. The first-order valence-corrected chi connectivity index (χ1v) is 8.24. The van der Waals surface area contributed by atoms with Gasteiger partial charge in [0.25, 0.3) is 5.91 Å². The van der Waals surface area contributed by atoms with Gasteiger partial charge in [0.15, 0.2) is 6.61 Å². The van der Waals surface area contributed by atoms with Crippen molar-refractivity contribution in [2.45, 2.75) is 0 Å². The van der Waals surface area contributed by atoms with Crippen molar-refractivity contribution in [2.24, 2.45) is 0 Å². The maximum atomic E-state index is 12.9. The smallest absolute Gasteiger partial charge is 0.338 e. The van der Waals surface area contributed by atoms with Crippen LogP contribution < -0.4 is 5.32 Å². The summed E-state index contributed by atoms with van der Waals surface area (Å²) in [5.41, 5.74) is 2.23. The van der Waals surface area contributed by atoms with Gasteiger partial charge < -0.3 is 14.5 Å². The van der Waals surface area contributed by atoms with Gasteiger partial charge in [-0.05, 0) is 48.5 Å². The fourth-order valence-corrected chi connectivity index (χ4v) is 2.80. The minimum absolute atomic E-state index is 0.176. The molecule has 0 radical (unpaired) electrons. The van der Waals surface area contributed by atoms with Crippen LogP contribution in [0.5, 0.6) is 0 Å². The van der Waals surface area contributed by atoms with E-state index in [4.69, 9.17) is 9.15 Å². The molecule has 0 aliphatic carbocycles. The second-order valence-electron chi connectivity index (χ2n) is 5.94. The van der Waals surface area contributed by atoms with E-state index in [1.807, 2.05) is 24.3 Å². The predicted octanol–water partition coefficient (Wildman–Crippen LogP) is 4.52. The molecule has 1 heterocycles. The molecule has 5 nitrogen and oxygen atoms in total. The summed E-state index contributed by atoms with van der Waals surface area (Å²) in [6.07, 6.45) is 0. The number of para-hydroxylation sites is 1. The number of halogens is 1. The molecule has 4 rings (SSSR count). The number of esters is 1. The van der Waals surface area contributed by atoms with Gasteiger partial charge in [0, 0.05) is 16.5 Å². The number of benzene rings is 3. The normalized spacial score (nSPS) is 10.9. The Labute approximate surface area is 153 Å². The van der Waals surface area contributed by atoms with Crippen molar-refractivity contribution in [3.8, 4) is 0 Å². The molecule has 0 spiro atoms. The summed E-state index contributed by atoms with van der Waals surface area (Å²) in [6.45, 7) is -0.444. The number of carbonyl (C=O) groups excluding carboxylic acids is 2. The van der Waals surface area contributed by atoms with Crippen LogP contribution in [-0.2, 0) is 9.53 Å². The number of hydrogen-bond acceptors (Lipinski definition) is 4. The van der Waals surface area contributed by atoms with Gasteiger partial charge in [0.1, 0.15) is 17.0 Å². The molecular formula is C21H14FNO4. The first-order chi connectivity index (χ1) is 13.1. The Hall–Kier alpha value is -3.67. The highest BCUT2D eigenvalue weighted by Crippen LogP contribution is 2.30. The molecular weight excluding hydrogens is 349 g/mol. The molecule has 27 heavy (non-hydrogen) atoms. The van der Waals surface area contributed by atoms with Crippen molar-refractivity contribution in [1.29, 1.82) is 0 Å². The monoisotopic (exact) mass is 363 g/mol. The van der Waals surface area contributed by atoms with E-state index in [1.54, 1.807) is 18.2 Å². The summed E-state index contributed by atoms with van der Waals surface area (Å²) >= 11 is 0. The fraction of sp³-hybridized carbons (Fsp3) is 0.0476. The molecule has 0 fully saturated rings. The first-order valence-electron chi connectivity index (χ1n) is 8.24. The van der Waals surface area contributed by atoms with Gasteiger partial charge in [-0.25, -0.2) is 9.18 Å². The summed E-state index contributed by atoms with van der Waals surface area (Å²) < 4.78 is 23.6. The van der Waals surface area contributed by atoms with Gasteiger partial charge in [-0.1, -0.05) is 18.2 Å². The molecule has 1 N–H and O–H groups in total. The highest BCUT2D eigenvalue weighted by molar-refractivity contribution is 6.07. The van der Waals surface area contributed by atoms with Crippen LogP contribution in [0.25, 0.3) is 21.9 Å². The lowest BCUT2D eigenvalue weighted by atomic mass is 10.1. The minimum atomic E-state index is -0.693. The molecule has 1 aromatic heterocycles. The van der Waals surface area contributed by atoms with Crippen LogP contribution in [0.4, 0.5) is 10.1 Å². The lowest BCUT2D eigenvalue weighted by Gasteiger charge is -2.07. The van der Waals surface area contributed by atoms with Crippen molar-refractivity contribution in [3.05, 3.63) is 78.1 Å². The largest absolute Gasteiger partial charge is 0.456 e. The predicted molar refractivity (Wildman–Crippen MR) is 99.0 cm³/mol. The molecule has 0 saturated carbocycles. The zero-order chi connectivity index (χ0) is 18.8. The standard InChI is InChI=1S/C21H14FNO4/c22-14-7-5-13(6-8-14)21(25)26-12-20(24)23-15-9-10-19-17(11-15)16-3-1-2-4-18(16)27-19/h1-11H,12H2,(H,23,24). The number of furan rings is 1. The molecule has 0 bridgehead atoms. The molecule has 4 aromatic rings. The number of rotatable bonds is 4. The zero-order valence-electron chi connectivity index (χ0n) is 14.1. The number of ether oxygens (including phenoxy) is 1. The zero-order valence-corrected chi connectivity index (χ0v) is 14.1. The van der Waals surface area contributed by atoms with E-state index in [-0.39, 0.29) is 5.56 Å². The van der Waals surface area contributed by atoms with E-state index >= 15 is 0 Å². The lowest BCUT2D eigenvalue weighted by molar-refractivity contribution is -0.119. The Morgan fingerprint density at radius 3 is 2.48 bits per heavy atom. The quantitative estimate of drug-likeness (QED) is 0.541. The minimum Gasteiger partial charge on any atom is -0.456 e. The third-order valence-corrected chi connectivity index (χ3v) is 4.07. The van der Waals surface area contributed by atoms with E-state index in [0.29, 0.717) is 5.69 Å². The Morgan fingerprint density at radius 2 is 1.67 bits per heavy atom. The number of fused-ring (bicyclic) bond motifs is 3. The summed E-state index contributed by atoms with van der Waals surface area (Å²) in [5, 5.41) is 4.52. The first kappa shape index (κ1) is 16.8. The summed E-state index contributed by atoms with van der Waals surface area (Å²) in [5.74, 6) is -1.62. The van der Waals surface area contributed by atoms with E-state index in [2.05, 4.69) is 5.32 Å². The Bertz CT molecular complexity index is 1150. The number of nitrogens with one attached hydrogen (secondary N) is 1. The van der Waals surface area contributed by atoms with Crippen molar-refractivity contribution in [1.82, 2.24) is 0 Å². The maximum absolute atomic E-state index is 12.9. The van der Waals surface area contributed by atoms with E-state index in [1.165, 1.54) is 12.1 Å². The average molecular weight is 363 g/mol. The van der Waals surface area contributed by atoms with Gasteiger partial charge in [0.2, 0.25) is 0 Å². The lowest BCUT2D eigenvalue weighted by Crippen LogP contribution is -2.20. The Kier molecular flexibility index (Phi) is 4.30. The van der Waals surface area contributed by atoms with Gasteiger partial charge in [0.05, 0.1) is 5.56 Å². The highest BCUT2D eigenvalue weighted by atomic mass is 19.1. The van der Waals surface area contributed by atoms with Crippen LogP contribution in [-0.4, -0.2) is 18.5 Å². The van der Waals surface area contributed by atoms with Crippen LogP contribution in [0.3, 0.4) is 0 Å². The third kappa shape index (κ3) is 3.50.